The van der Waals surface area contributed by atoms with Crippen LogP contribution < -0.4 is 20.1 Å². The van der Waals surface area contributed by atoms with Gasteiger partial charge in [0, 0.05) is 18.9 Å². The number of hydrogen-bond donors (Lipinski definition) is 2. The lowest BCUT2D eigenvalue weighted by Gasteiger charge is -2.09. The molecular formula is C20H21N5O3. The highest BCUT2D eigenvalue weighted by atomic mass is 16.5. The van der Waals surface area contributed by atoms with Gasteiger partial charge in [0.2, 0.25) is 0 Å². The Labute approximate surface area is 162 Å². The lowest BCUT2D eigenvalue weighted by molar-refractivity contribution is 0.0945. The zero-order valence-corrected chi connectivity index (χ0v) is 15.5. The Morgan fingerprint density at radius 2 is 1.86 bits per heavy atom. The van der Waals surface area contributed by atoms with Crippen LogP contribution in [0.2, 0.25) is 0 Å². The smallest absolute Gasteiger partial charge is 0.272 e. The van der Waals surface area contributed by atoms with Crippen LogP contribution >= 0.6 is 0 Å². The number of amides is 1. The molecule has 3 rings (SSSR count). The van der Waals surface area contributed by atoms with Crippen LogP contribution in [0.5, 0.6) is 11.5 Å². The van der Waals surface area contributed by atoms with Gasteiger partial charge in [-0.2, -0.15) is 0 Å². The Morgan fingerprint density at radius 1 is 1.04 bits per heavy atom. The van der Waals surface area contributed by atoms with Crippen molar-refractivity contribution in [1.29, 1.82) is 0 Å². The summed E-state index contributed by atoms with van der Waals surface area (Å²) in [6.07, 6.45) is 3.39. The van der Waals surface area contributed by atoms with Crippen LogP contribution in [0.1, 0.15) is 16.1 Å². The van der Waals surface area contributed by atoms with Gasteiger partial charge in [0.05, 0.1) is 13.7 Å². The van der Waals surface area contributed by atoms with E-state index in [9.17, 15) is 4.79 Å². The van der Waals surface area contributed by atoms with E-state index in [4.69, 9.17) is 9.47 Å². The molecule has 1 aromatic carbocycles. The minimum Gasteiger partial charge on any atom is -0.497 e. The number of nitrogens with zero attached hydrogens (tertiary/aromatic N) is 3. The number of carbonyl (C=O) groups is 1. The normalized spacial score (nSPS) is 10.2. The average Bonchev–Trinajstić information content (AvgIpc) is 2.76. The average molecular weight is 379 g/mol. The monoisotopic (exact) mass is 379 g/mol. The van der Waals surface area contributed by atoms with Crippen molar-refractivity contribution in [3.05, 3.63) is 72.2 Å². The third-order valence-corrected chi connectivity index (χ3v) is 3.81. The van der Waals surface area contributed by atoms with Crippen LogP contribution in [0.3, 0.4) is 0 Å². The van der Waals surface area contributed by atoms with Crippen molar-refractivity contribution in [2.24, 2.45) is 0 Å². The van der Waals surface area contributed by atoms with Crippen LogP contribution in [0, 0.1) is 0 Å². The number of ether oxygens (including phenoxy) is 2. The minimum absolute atomic E-state index is 0.254. The van der Waals surface area contributed by atoms with Crippen LogP contribution in [-0.2, 0) is 6.54 Å². The zero-order valence-electron chi connectivity index (χ0n) is 15.5. The Hall–Kier alpha value is -3.68. The van der Waals surface area contributed by atoms with Crippen LogP contribution in [0.15, 0.2) is 60.9 Å². The molecule has 0 saturated carbocycles. The summed E-state index contributed by atoms with van der Waals surface area (Å²) in [6.45, 7) is 1.39. The Kier molecular flexibility index (Phi) is 6.73. The van der Waals surface area contributed by atoms with Crippen LogP contribution in [0.4, 0.5) is 5.82 Å². The van der Waals surface area contributed by atoms with Gasteiger partial charge in [-0.15, -0.1) is 10.2 Å². The van der Waals surface area contributed by atoms with Gasteiger partial charge in [-0.3, -0.25) is 9.78 Å². The Bertz CT molecular complexity index is 871. The van der Waals surface area contributed by atoms with E-state index in [0.717, 1.165) is 17.1 Å². The summed E-state index contributed by atoms with van der Waals surface area (Å²) in [5.41, 5.74) is 1.17. The summed E-state index contributed by atoms with van der Waals surface area (Å²) in [7, 11) is 1.62. The molecule has 2 aromatic heterocycles. The number of methoxy groups -OCH3 is 1. The standard InChI is InChI=1S/C20H21N5O3/c1-27-16-4-6-17(7-5-16)28-12-11-22-19-9-8-18(24-25-19)20(26)23-14-15-3-2-10-21-13-15/h2-10,13H,11-12,14H2,1H3,(H,22,25)(H,23,26). The number of rotatable bonds is 9. The number of aromatic nitrogens is 3. The molecule has 144 valence electrons. The van der Waals surface area contributed by atoms with Gasteiger partial charge in [0.1, 0.15) is 23.9 Å². The highest BCUT2D eigenvalue weighted by molar-refractivity contribution is 5.92. The fourth-order valence-electron chi connectivity index (χ4n) is 2.34. The molecule has 2 heterocycles. The molecule has 0 atom stereocenters. The molecule has 2 N–H and O–H groups in total. The number of hydrogen-bond acceptors (Lipinski definition) is 7. The first-order chi connectivity index (χ1) is 13.7. The van der Waals surface area contributed by atoms with Gasteiger partial charge in [-0.25, -0.2) is 0 Å². The van der Waals surface area contributed by atoms with Gasteiger partial charge < -0.3 is 20.1 Å². The summed E-state index contributed by atoms with van der Waals surface area (Å²) in [5, 5.41) is 13.8. The molecule has 8 nitrogen and oxygen atoms in total. The first-order valence-electron chi connectivity index (χ1n) is 8.76. The van der Waals surface area contributed by atoms with E-state index >= 15 is 0 Å². The van der Waals surface area contributed by atoms with Crippen molar-refractivity contribution in [3.8, 4) is 11.5 Å². The summed E-state index contributed by atoms with van der Waals surface area (Å²) >= 11 is 0. The second-order valence-corrected chi connectivity index (χ2v) is 5.80. The highest BCUT2D eigenvalue weighted by Gasteiger charge is 2.08. The van der Waals surface area contributed by atoms with E-state index < -0.39 is 0 Å². The second-order valence-electron chi connectivity index (χ2n) is 5.80. The Balaban J connectivity index is 1.40. The molecule has 0 fully saturated rings. The molecular weight excluding hydrogens is 358 g/mol. The number of pyridine rings is 1. The molecule has 3 aromatic rings. The molecule has 8 heteroatoms. The summed E-state index contributed by atoms with van der Waals surface area (Å²) in [4.78, 5) is 16.1. The van der Waals surface area contributed by atoms with Crippen molar-refractivity contribution in [1.82, 2.24) is 20.5 Å². The van der Waals surface area contributed by atoms with Crippen molar-refractivity contribution in [3.63, 3.8) is 0 Å². The predicted molar refractivity (Wildman–Crippen MR) is 104 cm³/mol. The minimum atomic E-state index is -0.286. The molecule has 1 amide bonds. The van der Waals surface area contributed by atoms with Crippen molar-refractivity contribution in [2.75, 3.05) is 25.6 Å². The second kappa shape index (κ2) is 9.86. The largest absolute Gasteiger partial charge is 0.497 e. The van der Waals surface area contributed by atoms with Crippen molar-refractivity contribution in [2.45, 2.75) is 6.54 Å². The van der Waals surface area contributed by atoms with E-state index in [1.54, 1.807) is 31.6 Å². The van der Waals surface area contributed by atoms with Crippen LogP contribution in [-0.4, -0.2) is 41.3 Å². The molecule has 0 aliphatic heterocycles. The molecule has 0 bridgehead atoms. The van der Waals surface area contributed by atoms with E-state index in [0.29, 0.717) is 25.5 Å². The lowest BCUT2D eigenvalue weighted by atomic mass is 10.3. The number of benzene rings is 1. The molecule has 28 heavy (non-hydrogen) atoms. The van der Waals surface area contributed by atoms with Gasteiger partial charge in [-0.05, 0) is 48.0 Å². The number of nitrogens with one attached hydrogen (secondary N) is 2. The highest BCUT2D eigenvalue weighted by Crippen LogP contribution is 2.16. The number of carbonyl (C=O) groups excluding carboxylic acids is 1. The summed E-state index contributed by atoms with van der Waals surface area (Å²) in [5.74, 6) is 1.83. The SMILES string of the molecule is COc1ccc(OCCNc2ccc(C(=O)NCc3cccnc3)nn2)cc1. The molecule has 0 saturated heterocycles. The molecule has 0 aliphatic rings. The van der Waals surface area contributed by atoms with Crippen molar-refractivity contribution >= 4 is 11.7 Å². The maximum absolute atomic E-state index is 12.1. The van der Waals surface area contributed by atoms with E-state index in [-0.39, 0.29) is 11.6 Å². The quantitative estimate of drug-likeness (QED) is 0.551. The fraction of sp³-hybridized carbons (Fsp3) is 0.200. The maximum Gasteiger partial charge on any atom is 0.272 e. The molecule has 0 unspecified atom stereocenters. The van der Waals surface area contributed by atoms with Gasteiger partial charge >= 0.3 is 0 Å². The molecule has 0 radical (unpaired) electrons. The van der Waals surface area contributed by atoms with E-state index in [1.165, 1.54) is 0 Å². The van der Waals surface area contributed by atoms with Gasteiger partial charge in [0.15, 0.2) is 5.69 Å². The topological polar surface area (TPSA) is 98.3 Å². The van der Waals surface area contributed by atoms with Crippen LogP contribution in [0.25, 0.3) is 0 Å². The number of anilines is 1. The molecule has 0 spiro atoms. The maximum atomic E-state index is 12.1. The van der Waals surface area contributed by atoms with E-state index in [2.05, 4.69) is 25.8 Å². The summed E-state index contributed by atoms with van der Waals surface area (Å²) < 4.78 is 10.7. The van der Waals surface area contributed by atoms with Gasteiger partial charge in [0.25, 0.3) is 5.91 Å². The lowest BCUT2D eigenvalue weighted by Crippen LogP contribution is -2.24. The molecule has 0 aliphatic carbocycles. The predicted octanol–water partition coefficient (Wildman–Crippen LogP) is 2.30. The van der Waals surface area contributed by atoms with E-state index in [1.807, 2.05) is 36.4 Å². The first kappa shape index (κ1) is 19.1. The van der Waals surface area contributed by atoms with Crippen molar-refractivity contribution < 1.29 is 14.3 Å². The fourth-order valence-corrected chi connectivity index (χ4v) is 2.34. The third kappa shape index (κ3) is 5.66. The Morgan fingerprint density at radius 3 is 2.54 bits per heavy atom. The van der Waals surface area contributed by atoms with Gasteiger partial charge in [-0.1, -0.05) is 6.07 Å². The summed E-state index contributed by atoms with van der Waals surface area (Å²) in [6, 6.07) is 14.4. The zero-order chi connectivity index (χ0) is 19.6. The third-order valence-electron chi connectivity index (χ3n) is 3.81. The first-order valence-corrected chi connectivity index (χ1v) is 8.76.